The molecule has 0 aliphatic carbocycles. The van der Waals surface area contributed by atoms with Gasteiger partial charge in [-0.25, -0.2) is 0 Å². The minimum Gasteiger partial charge on any atom is -0.456 e. The molecule has 238 valence electrons. The minimum atomic E-state index is -0.726. The zero-order valence-corrected chi connectivity index (χ0v) is 27.7. The van der Waals surface area contributed by atoms with Gasteiger partial charge in [0.2, 0.25) is 0 Å². The fourth-order valence-electron chi connectivity index (χ4n) is 10.4. The summed E-state index contributed by atoms with van der Waals surface area (Å²) < 4.78 is 17.4. The number of nitrogens with zero attached hydrogens (tertiary/aromatic N) is 4. The van der Waals surface area contributed by atoms with Gasteiger partial charge in [0.05, 0.1) is 5.39 Å². The van der Waals surface area contributed by atoms with Crippen LogP contribution in [0.3, 0.4) is 0 Å². The van der Waals surface area contributed by atoms with Crippen molar-refractivity contribution in [1.82, 2.24) is 9.13 Å². The van der Waals surface area contributed by atoms with E-state index in [9.17, 15) is 0 Å². The topological polar surface area (TPSA) is 26.8 Å². The SMILES string of the molecule is c1ccc(-c2cc3[n+]4c(c2)-n2c5ccccc5c5ccc6c(c52)C42c4c(cccc4-n4c5ccccc5c5c(-c7ccccc7)cc-3[n+]2c54)O6)cc1. The van der Waals surface area contributed by atoms with E-state index in [1.54, 1.807) is 0 Å². The average Bonchev–Trinajstić information content (AvgIpc) is 3.83. The molecule has 8 heterocycles. The van der Waals surface area contributed by atoms with Crippen molar-refractivity contribution in [3.63, 3.8) is 0 Å². The Balaban J connectivity index is 1.32. The first-order chi connectivity index (χ1) is 25.8. The molecular weight excluding hydrogens is 637 g/mol. The Bertz CT molecular complexity index is 3320. The molecule has 1 spiro atoms. The van der Waals surface area contributed by atoms with Gasteiger partial charge in [-0.3, -0.25) is 0 Å². The van der Waals surface area contributed by atoms with Crippen LogP contribution in [0, 0.1) is 0 Å². The lowest BCUT2D eigenvalue weighted by atomic mass is 9.82. The molecule has 4 aliphatic rings. The standard InChI is InChI=1S/C47H26N4O/c1-3-12-27(13-4-1)29-24-37-38-26-33(28-14-5-2-6-15-28)42-32-17-8-10-19-35(32)48-36-20-11-21-39-43(36)47(51(38)46(42)48)44-40(52-39)23-22-31-30-16-7-9-18-34(30)49(45(31)44)41(25-29)50(37)47/h1-26H/q+2. The van der Waals surface area contributed by atoms with Crippen molar-refractivity contribution < 1.29 is 13.9 Å². The van der Waals surface area contributed by atoms with Crippen LogP contribution in [0.25, 0.3) is 88.9 Å². The van der Waals surface area contributed by atoms with Gasteiger partial charge in [0.1, 0.15) is 39.3 Å². The van der Waals surface area contributed by atoms with Gasteiger partial charge in [0.25, 0.3) is 5.82 Å². The first kappa shape index (κ1) is 25.9. The number of ether oxygens (including phenoxy) is 1. The van der Waals surface area contributed by atoms with Crippen LogP contribution in [0.1, 0.15) is 11.1 Å². The lowest BCUT2D eigenvalue weighted by molar-refractivity contribution is -0.927. The van der Waals surface area contributed by atoms with Crippen LogP contribution in [-0.2, 0) is 5.66 Å². The number of hydrogen-bond acceptors (Lipinski definition) is 1. The number of benzene rings is 6. The van der Waals surface area contributed by atoms with Crippen LogP contribution >= 0.6 is 0 Å². The zero-order chi connectivity index (χ0) is 33.4. The second kappa shape index (κ2) is 8.48. The summed E-state index contributed by atoms with van der Waals surface area (Å²) in [5.41, 5.74) is 14.8. The van der Waals surface area contributed by atoms with Crippen molar-refractivity contribution in [2.75, 3.05) is 0 Å². The second-order valence-electron chi connectivity index (χ2n) is 14.5. The predicted octanol–water partition coefficient (Wildman–Crippen LogP) is 9.80. The molecule has 14 rings (SSSR count). The lowest BCUT2D eigenvalue weighted by Gasteiger charge is -2.38. The molecule has 1 unspecified atom stereocenters. The normalized spacial score (nSPS) is 16.3. The Kier molecular flexibility index (Phi) is 4.23. The molecule has 5 nitrogen and oxygen atoms in total. The molecule has 6 aromatic carbocycles. The van der Waals surface area contributed by atoms with Crippen molar-refractivity contribution in [2.24, 2.45) is 0 Å². The Labute approximate surface area is 297 Å². The number of fused-ring (bicyclic) bond motifs is 9. The van der Waals surface area contributed by atoms with Gasteiger partial charge in [-0.05, 0) is 77.4 Å². The van der Waals surface area contributed by atoms with Crippen LogP contribution in [0.15, 0.2) is 158 Å². The molecule has 4 aliphatic heterocycles. The van der Waals surface area contributed by atoms with Crippen LogP contribution in [0.2, 0.25) is 0 Å². The molecule has 0 fully saturated rings. The molecule has 0 amide bonds. The number of hydrogen-bond donors (Lipinski definition) is 0. The van der Waals surface area contributed by atoms with Crippen molar-refractivity contribution in [3.05, 3.63) is 169 Å². The summed E-state index contributed by atoms with van der Waals surface area (Å²) >= 11 is 0. The van der Waals surface area contributed by atoms with Crippen molar-refractivity contribution >= 4 is 43.7 Å². The van der Waals surface area contributed by atoms with Gasteiger partial charge in [-0.2, -0.15) is 18.3 Å². The number of rotatable bonds is 2. The molecule has 10 aromatic rings. The second-order valence-corrected chi connectivity index (χ2v) is 14.5. The van der Waals surface area contributed by atoms with Crippen LogP contribution < -0.4 is 13.9 Å². The maximum absolute atomic E-state index is 7.05. The summed E-state index contributed by atoms with van der Waals surface area (Å²) in [5, 5.41) is 4.99. The van der Waals surface area contributed by atoms with E-state index in [-0.39, 0.29) is 0 Å². The van der Waals surface area contributed by atoms with Crippen molar-refractivity contribution in [3.8, 4) is 56.6 Å². The summed E-state index contributed by atoms with van der Waals surface area (Å²) in [6.07, 6.45) is 0. The monoisotopic (exact) mass is 662 g/mol. The third kappa shape index (κ3) is 2.63. The summed E-state index contributed by atoms with van der Waals surface area (Å²) in [5.74, 6) is 2.95. The summed E-state index contributed by atoms with van der Waals surface area (Å²) in [7, 11) is 0. The Morgan fingerprint density at radius 3 is 2.00 bits per heavy atom. The van der Waals surface area contributed by atoms with Gasteiger partial charge in [-0.15, -0.1) is 0 Å². The van der Waals surface area contributed by atoms with E-state index >= 15 is 0 Å². The minimum absolute atomic E-state index is 0.726. The summed E-state index contributed by atoms with van der Waals surface area (Å²) in [6, 6.07) is 57.9. The fourth-order valence-corrected chi connectivity index (χ4v) is 10.4. The van der Waals surface area contributed by atoms with E-state index in [2.05, 4.69) is 176 Å². The molecule has 0 N–H and O–H groups in total. The third-order valence-corrected chi connectivity index (χ3v) is 12.2. The Hall–Kier alpha value is -6.98. The molecule has 52 heavy (non-hydrogen) atoms. The maximum Gasteiger partial charge on any atom is 0.323 e. The molecule has 0 bridgehead atoms. The summed E-state index contributed by atoms with van der Waals surface area (Å²) in [4.78, 5) is 0. The number of aromatic nitrogens is 4. The maximum atomic E-state index is 7.05. The zero-order valence-electron chi connectivity index (χ0n) is 27.7. The predicted molar refractivity (Wildman–Crippen MR) is 203 cm³/mol. The Morgan fingerprint density at radius 2 is 1.17 bits per heavy atom. The third-order valence-electron chi connectivity index (χ3n) is 12.2. The van der Waals surface area contributed by atoms with Crippen LogP contribution in [-0.4, -0.2) is 9.13 Å². The summed E-state index contributed by atoms with van der Waals surface area (Å²) in [6.45, 7) is 0. The highest BCUT2D eigenvalue weighted by atomic mass is 16.5. The molecule has 0 saturated carbocycles. The molecule has 0 radical (unpaired) electrons. The van der Waals surface area contributed by atoms with Crippen molar-refractivity contribution in [1.29, 1.82) is 0 Å². The van der Waals surface area contributed by atoms with E-state index in [0.717, 1.165) is 23.0 Å². The first-order valence-electron chi connectivity index (χ1n) is 18.0. The largest absolute Gasteiger partial charge is 0.456 e. The highest BCUT2D eigenvalue weighted by Gasteiger charge is 2.69. The number of para-hydroxylation sites is 2. The van der Waals surface area contributed by atoms with Gasteiger partial charge in [0, 0.05) is 27.8 Å². The molecule has 4 aromatic heterocycles. The van der Waals surface area contributed by atoms with Gasteiger partial charge < -0.3 is 4.74 Å². The van der Waals surface area contributed by atoms with Gasteiger partial charge >= 0.3 is 11.3 Å². The molecule has 1 atom stereocenters. The highest BCUT2D eigenvalue weighted by molar-refractivity contribution is 6.15. The molecular formula is C47H26N4O+2. The van der Waals surface area contributed by atoms with Crippen LogP contribution in [0.4, 0.5) is 0 Å². The van der Waals surface area contributed by atoms with Gasteiger partial charge in [0.15, 0.2) is 16.9 Å². The van der Waals surface area contributed by atoms with E-state index in [1.807, 2.05) is 0 Å². The van der Waals surface area contributed by atoms with Gasteiger partial charge in [-0.1, -0.05) is 91.0 Å². The Morgan fingerprint density at radius 1 is 0.481 bits per heavy atom. The van der Waals surface area contributed by atoms with E-state index < -0.39 is 5.66 Å². The quantitative estimate of drug-likeness (QED) is 0.169. The number of pyridine rings is 2. The van der Waals surface area contributed by atoms with Crippen LogP contribution in [0.5, 0.6) is 11.5 Å². The molecule has 0 saturated heterocycles. The highest BCUT2D eigenvalue weighted by Crippen LogP contribution is 2.59. The smallest absolute Gasteiger partial charge is 0.323 e. The van der Waals surface area contributed by atoms with Crippen molar-refractivity contribution in [2.45, 2.75) is 5.66 Å². The average molecular weight is 663 g/mol. The van der Waals surface area contributed by atoms with E-state index in [1.165, 1.54) is 88.5 Å². The van der Waals surface area contributed by atoms with E-state index in [4.69, 9.17) is 4.74 Å². The molecule has 5 heteroatoms. The lowest BCUT2D eigenvalue weighted by Crippen LogP contribution is -2.75. The van der Waals surface area contributed by atoms with E-state index in [0.29, 0.717) is 0 Å². The fraction of sp³-hybridized carbons (Fsp3) is 0.0213. The first-order valence-corrected chi connectivity index (χ1v) is 18.0.